The van der Waals surface area contributed by atoms with Gasteiger partial charge >= 0.3 is 27.3 Å². The number of hydrogen-bond donors (Lipinski definition) is 2. The van der Waals surface area contributed by atoms with E-state index in [0.717, 1.165) is 26.2 Å². The summed E-state index contributed by atoms with van der Waals surface area (Å²) in [6, 6.07) is 0. The van der Waals surface area contributed by atoms with Gasteiger partial charge in [0.25, 0.3) is 10.1 Å². The van der Waals surface area contributed by atoms with Gasteiger partial charge in [-0.05, 0) is 0 Å². The van der Waals surface area contributed by atoms with Crippen LogP contribution in [-0.2, 0) is 10.1 Å². The Morgan fingerprint density at radius 3 is 1.81 bits per heavy atom. The molecule has 1 heterocycles. The Hall–Kier alpha value is 0.712. The number of hydrogen-bond acceptors (Lipinski definition) is 5. The number of rotatable bonds is 5. The maximum atomic E-state index is 10.5. The Balaban J connectivity index is 0.00000225. The SMILES string of the molecule is O=S(=O)(O)CCN1CCN(CCO)CC1.[PbH2]. The van der Waals surface area contributed by atoms with Crippen molar-refractivity contribution in [3.63, 3.8) is 0 Å². The third kappa shape index (κ3) is 7.12. The van der Waals surface area contributed by atoms with Gasteiger partial charge in [0.1, 0.15) is 0 Å². The first-order valence-corrected chi connectivity index (χ1v) is 6.63. The van der Waals surface area contributed by atoms with Crippen molar-refractivity contribution in [3.8, 4) is 0 Å². The van der Waals surface area contributed by atoms with Gasteiger partial charge in [0.05, 0.1) is 12.4 Å². The van der Waals surface area contributed by atoms with Gasteiger partial charge in [-0.15, -0.1) is 0 Å². The molecule has 0 aliphatic carbocycles. The zero-order valence-corrected chi connectivity index (χ0v) is 15.7. The molecule has 0 spiro atoms. The fourth-order valence-electron chi connectivity index (χ4n) is 1.62. The van der Waals surface area contributed by atoms with E-state index >= 15 is 0 Å². The Labute approximate surface area is 117 Å². The molecule has 1 rings (SSSR count). The number of nitrogens with zero attached hydrogens (tertiary/aromatic N) is 2. The summed E-state index contributed by atoms with van der Waals surface area (Å²) in [5, 5.41) is 8.73. The van der Waals surface area contributed by atoms with E-state index in [2.05, 4.69) is 4.90 Å². The van der Waals surface area contributed by atoms with Crippen LogP contribution in [0.25, 0.3) is 0 Å². The number of β-amino-alcohol motifs (C(OH)–C–C–N with tert-alkyl or cyclic N) is 1. The van der Waals surface area contributed by atoms with Gasteiger partial charge in [-0.25, -0.2) is 0 Å². The summed E-state index contributed by atoms with van der Waals surface area (Å²) < 4.78 is 29.6. The van der Waals surface area contributed by atoms with Crippen molar-refractivity contribution in [2.75, 3.05) is 51.6 Å². The number of aliphatic hydroxyl groups excluding tert-OH is 1. The Morgan fingerprint density at radius 2 is 1.44 bits per heavy atom. The van der Waals surface area contributed by atoms with E-state index in [0.29, 0.717) is 13.1 Å². The van der Waals surface area contributed by atoms with E-state index in [1.165, 1.54) is 0 Å². The van der Waals surface area contributed by atoms with E-state index < -0.39 is 10.1 Å². The Kier molecular flexibility index (Phi) is 8.28. The van der Waals surface area contributed by atoms with Crippen LogP contribution in [0.1, 0.15) is 0 Å². The van der Waals surface area contributed by atoms with Crippen LogP contribution in [0.4, 0.5) is 0 Å². The van der Waals surface area contributed by atoms with Crippen molar-refractivity contribution in [1.29, 1.82) is 0 Å². The van der Waals surface area contributed by atoms with Crippen LogP contribution in [0.2, 0.25) is 0 Å². The minimum atomic E-state index is -3.84. The molecule has 0 bridgehead atoms. The molecule has 0 atom stereocenters. The van der Waals surface area contributed by atoms with Crippen LogP contribution in [0, 0.1) is 0 Å². The van der Waals surface area contributed by atoms with E-state index in [1.807, 2.05) is 4.90 Å². The van der Waals surface area contributed by atoms with Gasteiger partial charge < -0.3 is 5.11 Å². The van der Waals surface area contributed by atoms with Crippen molar-refractivity contribution in [1.82, 2.24) is 9.80 Å². The van der Waals surface area contributed by atoms with Crippen molar-refractivity contribution in [2.24, 2.45) is 0 Å². The first-order chi connectivity index (χ1) is 7.01. The summed E-state index contributed by atoms with van der Waals surface area (Å²) in [5.74, 6) is -0.201. The maximum absolute atomic E-state index is 10.5. The molecule has 16 heavy (non-hydrogen) atoms. The average molecular weight is 448 g/mol. The summed E-state index contributed by atoms with van der Waals surface area (Å²) in [7, 11) is -3.84. The Bertz CT molecular complexity index is 278. The summed E-state index contributed by atoms with van der Waals surface area (Å²) in [4.78, 5) is 4.13. The molecule has 0 aromatic rings. The van der Waals surface area contributed by atoms with Gasteiger partial charge in [-0.2, -0.15) is 8.42 Å². The number of aliphatic hydroxyl groups is 1. The van der Waals surface area contributed by atoms with Gasteiger partial charge in [0.2, 0.25) is 0 Å². The number of piperazine rings is 1. The Morgan fingerprint density at radius 1 is 1.00 bits per heavy atom. The van der Waals surface area contributed by atoms with E-state index in [1.54, 1.807) is 0 Å². The topological polar surface area (TPSA) is 81.1 Å². The molecule has 2 radical (unpaired) electrons. The molecular weight excluding hydrogens is 427 g/mol. The monoisotopic (exact) mass is 448 g/mol. The van der Waals surface area contributed by atoms with Crippen LogP contribution in [0.15, 0.2) is 0 Å². The molecule has 6 nitrogen and oxygen atoms in total. The summed E-state index contributed by atoms with van der Waals surface area (Å²) in [5.41, 5.74) is 0. The van der Waals surface area contributed by atoms with Crippen molar-refractivity contribution in [2.45, 2.75) is 0 Å². The second-order valence-electron chi connectivity index (χ2n) is 3.69. The quantitative estimate of drug-likeness (QED) is 0.360. The molecule has 0 aromatic carbocycles. The summed E-state index contributed by atoms with van der Waals surface area (Å²) in [6.45, 7) is 4.46. The molecule has 1 saturated heterocycles. The van der Waals surface area contributed by atoms with Crippen LogP contribution in [0.3, 0.4) is 0 Å². The van der Waals surface area contributed by atoms with E-state index in [4.69, 9.17) is 9.66 Å². The molecule has 0 aromatic heterocycles. The normalized spacial score (nSPS) is 19.4. The molecule has 96 valence electrons. The third-order valence-corrected chi connectivity index (χ3v) is 3.25. The predicted octanol–water partition coefficient (Wildman–Crippen LogP) is -2.43. The van der Waals surface area contributed by atoms with Crippen LogP contribution >= 0.6 is 0 Å². The zero-order chi connectivity index (χ0) is 11.3. The van der Waals surface area contributed by atoms with Gasteiger partial charge in [0, 0.05) is 39.3 Å². The second-order valence-corrected chi connectivity index (χ2v) is 5.27. The van der Waals surface area contributed by atoms with Crippen molar-refractivity contribution < 1.29 is 18.1 Å². The molecule has 8 heteroatoms. The molecule has 1 aliphatic heterocycles. The van der Waals surface area contributed by atoms with Gasteiger partial charge in [0.15, 0.2) is 0 Å². The zero-order valence-electron chi connectivity index (χ0n) is 9.38. The van der Waals surface area contributed by atoms with Gasteiger partial charge in [-0.1, -0.05) is 0 Å². The summed E-state index contributed by atoms with van der Waals surface area (Å²) >= 11 is 0. The van der Waals surface area contributed by atoms with Crippen LogP contribution < -0.4 is 0 Å². The molecule has 1 fully saturated rings. The first-order valence-electron chi connectivity index (χ1n) is 5.02. The van der Waals surface area contributed by atoms with Crippen LogP contribution in [0.5, 0.6) is 0 Å². The molecular formula is C8H20N2O4PbS. The minimum absolute atomic E-state index is 0. The molecule has 0 unspecified atom stereocenters. The average Bonchev–Trinajstić information content (AvgIpc) is 2.16. The molecule has 0 amide bonds. The third-order valence-electron chi connectivity index (χ3n) is 2.55. The van der Waals surface area contributed by atoms with Crippen molar-refractivity contribution in [3.05, 3.63) is 0 Å². The van der Waals surface area contributed by atoms with Crippen molar-refractivity contribution >= 4 is 37.4 Å². The predicted molar refractivity (Wildman–Crippen MR) is 64.9 cm³/mol. The first kappa shape index (κ1) is 16.7. The summed E-state index contributed by atoms with van der Waals surface area (Å²) in [6.07, 6.45) is 0. The van der Waals surface area contributed by atoms with E-state index in [-0.39, 0.29) is 39.7 Å². The molecule has 2 N–H and O–H groups in total. The standard InChI is InChI=1S/C8H18N2O4S.Pb.2H/c11-7-5-9-1-3-10(4-2-9)6-8-15(12,13)14;;;/h11H,1-8H2,(H,12,13,14);;;. The van der Waals surface area contributed by atoms with Crippen LogP contribution in [-0.4, -0.2) is 107 Å². The fourth-order valence-corrected chi connectivity index (χ4v) is 2.11. The second kappa shape index (κ2) is 7.93. The van der Waals surface area contributed by atoms with E-state index in [9.17, 15) is 8.42 Å². The molecule has 1 aliphatic rings. The fraction of sp³-hybridized carbons (Fsp3) is 1.00. The molecule has 0 saturated carbocycles. The van der Waals surface area contributed by atoms with Gasteiger partial charge in [-0.3, -0.25) is 14.4 Å².